The van der Waals surface area contributed by atoms with Gasteiger partial charge in [0, 0.05) is 0 Å². The number of hydrogen-bond donors (Lipinski definition) is 0. The number of hydrogen-bond acceptors (Lipinski definition) is 1. The summed E-state index contributed by atoms with van der Waals surface area (Å²) in [6, 6.07) is 0. The van der Waals surface area contributed by atoms with E-state index in [9.17, 15) is 0 Å². The van der Waals surface area contributed by atoms with Gasteiger partial charge in [0.15, 0.2) is 0 Å². The molecule has 4 heavy (non-hydrogen) atoms. The average molecular weight is 182 g/mol. The van der Waals surface area contributed by atoms with Crippen LogP contribution in [-0.2, 0) is 0 Å². The molecule has 0 aromatic heterocycles. The Bertz CT molecular complexity index is 8.00. The van der Waals surface area contributed by atoms with Crippen molar-refractivity contribution >= 4 is 43.1 Å². The van der Waals surface area contributed by atoms with Gasteiger partial charge in [0.05, 0.1) is 0 Å². The van der Waals surface area contributed by atoms with Gasteiger partial charge in [-0.1, -0.05) is 0 Å². The van der Waals surface area contributed by atoms with Crippen molar-refractivity contribution in [3.05, 3.63) is 0 Å². The molecule has 26 valence electrons. The molecular formula is Cl2SSe. The second-order valence-corrected chi connectivity index (χ2v) is 5.89. The van der Waals surface area contributed by atoms with Gasteiger partial charge in [0.2, 0.25) is 0 Å². The zero-order chi connectivity index (χ0) is 3.41. The zero-order valence-electron chi connectivity index (χ0n) is 1.57. The summed E-state index contributed by atoms with van der Waals surface area (Å²) >= 11 is 0.0710. The Morgan fingerprint density at radius 3 is 2.00 bits per heavy atom. The van der Waals surface area contributed by atoms with Crippen LogP contribution in [0.5, 0.6) is 0 Å². The second-order valence-electron chi connectivity index (χ2n) is 0.126. The van der Waals surface area contributed by atoms with Gasteiger partial charge in [0.1, 0.15) is 0 Å². The third kappa shape index (κ3) is 3.45. The summed E-state index contributed by atoms with van der Waals surface area (Å²) in [4.78, 5) is 0. The maximum absolute atomic E-state index is 5.08. The van der Waals surface area contributed by atoms with Gasteiger partial charge in [-0.25, -0.2) is 0 Å². The van der Waals surface area contributed by atoms with E-state index in [0.29, 0.717) is 0 Å². The van der Waals surface area contributed by atoms with Gasteiger partial charge in [-0.2, -0.15) is 0 Å². The molecule has 0 atom stereocenters. The van der Waals surface area contributed by atoms with Gasteiger partial charge in [-0.05, 0) is 0 Å². The van der Waals surface area contributed by atoms with E-state index in [0.717, 1.165) is 9.39 Å². The summed E-state index contributed by atoms with van der Waals surface area (Å²) in [5.41, 5.74) is 0. The molecule has 0 amide bonds. The first kappa shape index (κ1) is 5.45. The van der Waals surface area contributed by atoms with Crippen LogP contribution in [0.3, 0.4) is 0 Å². The van der Waals surface area contributed by atoms with Crippen LogP contribution in [0.2, 0.25) is 0 Å². The summed E-state index contributed by atoms with van der Waals surface area (Å²) in [6.45, 7) is 0. The van der Waals surface area contributed by atoms with E-state index in [2.05, 4.69) is 0 Å². The molecule has 0 saturated heterocycles. The van der Waals surface area contributed by atoms with Crippen molar-refractivity contribution in [3.8, 4) is 0 Å². The van der Waals surface area contributed by atoms with Crippen molar-refractivity contribution in [2.24, 2.45) is 0 Å². The molecule has 0 aliphatic heterocycles. The normalized spacial score (nSPS) is 7.50. The van der Waals surface area contributed by atoms with Crippen LogP contribution in [0.1, 0.15) is 0 Å². The molecule has 0 radical (unpaired) electrons. The van der Waals surface area contributed by atoms with Gasteiger partial charge >= 0.3 is 43.1 Å². The molecule has 0 aliphatic carbocycles. The molecule has 4 heteroatoms. The van der Waals surface area contributed by atoms with E-state index < -0.39 is 0 Å². The van der Waals surface area contributed by atoms with Gasteiger partial charge in [0.25, 0.3) is 0 Å². The van der Waals surface area contributed by atoms with E-state index >= 15 is 0 Å². The van der Waals surface area contributed by atoms with E-state index in [4.69, 9.17) is 20.8 Å². The van der Waals surface area contributed by atoms with E-state index in [1.807, 2.05) is 0 Å². The molecule has 0 rings (SSSR count). The topological polar surface area (TPSA) is 0 Å². The fraction of sp³-hybridized carbons (Fsp3) is 0. The summed E-state index contributed by atoms with van der Waals surface area (Å²) in [6.07, 6.45) is 0. The third-order valence-corrected chi connectivity index (χ3v) is 3.34. The van der Waals surface area contributed by atoms with Crippen molar-refractivity contribution in [3.63, 3.8) is 0 Å². The quantitative estimate of drug-likeness (QED) is 0.555. The van der Waals surface area contributed by atoms with Crippen LogP contribution in [0, 0.1) is 0 Å². The second kappa shape index (κ2) is 4.45. The Kier molecular flexibility index (Phi) is 6.06. The molecule has 0 aliphatic rings. The van der Waals surface area contributed by atoms with E-state index in [1.54, 1.807) is 0 Å². The fourth-order valence-corrected chi connectivity index (χ4v) is 0. The summed E-state index contributed by atoms with van der Waals surface area (Å²) in [7, 11) is 11.2. The first-order chi connectivity index (χ1) is 1.91. The van der Waals surface area contributed by atoms with E-state index in [-0.39, 0.29) is 12.9 Å². The molecule has 0 N–H and O–H groups in total. The molecule has 0 spiro atoms. The number of rotatable bonds is 1. The Hall–Kier alpha value is 1.45. The molecule has 0 heterocycles. The maximum atomic E-state index is 5.08. The zero-order valence-corrected chi connectivity index (χ0v) is 5.61. The van der Waals surface area contributed by atoms with Crippen molar-refractivity contribution in [2.75, 3.05) is 0 Å². The number of halogens is 2. The molecule has 0 unspecified atom stereocenters. The first-order valence-corrected chi connectivity index (χ1v) is 6.39. The van der Waals surface area contributed by atoms with Crippen LogP contribution < -0.4 is 0 Å². The Morgan fingerprint density at radius 1 is 1.75 bits per heavy atom. The average Bonchev–Trinajstić information content (AvgIpc) is 1.37. The van der Waals surface area contributed by atoms with Crippen LogP contribution >= 0.6 is 30.2 Å². The Balaban J connectivity index is 1.97. The Labute approximate surface area is 43.2 Å². The van der Waals surface area contributed by atoms with Crippen LogP contribution in [-0.4, -0.2) is 12.9 Å². The van der Waals surface area contributed by atoms with Gasteiger partial charge in [-0.3, -0.25) is 0 Å². The van der Waals surface area contributed by atoms with Crippen LogP contribution in [0.25, 0.3) is 0 Å². The SMILES string of the molecule is ClS[Se]Cl. The van der Waals surface area contributed by atoms with Crippen molar-refractivity contribution < 1.29 is 0 Å². The molecular weight excluding hydrogens is 182 g/mol. The molecule has 0 saturated carbocycles. The molecule has 0 fully saturated rings. The predicted molar refractivity (Wildman–Crippen MR) is 25.1 cm³/mol. The van der Waals surface area contributed by atoms with Gasteiger partial charge in [-0.15, -0.1) is 0 Å². The molecule has 0 aromatic carbocycles. The van der Waals surface area contributed by atoms with Crippen molar-refractivity contribution in [1.82, 2.24) is 0 Å². The summed E-state index contributed by atoms with van der Waals surface area (Å²) in [5, 5.41) is 0. The van der Waals surface area contributed by atoms with Crippen LogP contribution in [0.4, 0.5) is 0 Å². The monoisotopic (exact) mass is 182 g/mol. The summed E-state index contributed by atoms with van der Waals surface area (Å²) in [5.74, 6) is 0. The first-order valence-electron chi connectivity index (χ1n) is 0.475. The summed E-state index contributed by atoms with van der Waals surface area (Å²) < 4.78 is 0. The molecule has 0 bridgehead atoms. The minimum atomic E-state index is 0.0710. The Morgan fingerprint density at radius 2 is 2.00 bits per heavy atom. The fourth-order valence-electron chi connectivity index (χ4n) is 0. The standard InChI is InChI=1S/Cl2SSe/c1-3-4-2. The minimum absolute atomic E-state index is 0.0710. The molecule has 0 aromatic rings. The molecule has 0 nitrogen and oxygen atoms in total. The van der Waals surface area contributed by atoms with E-state index in [1.165, 1.54) is 0 Å². The van der Waals surface area contributed by atoms with Crippen LogP contribution in [0.15, 0.2) is 0 Å². The van der Waals surface area contributed by atoms with Crippen molar-refractivity contribution in [2.45, 2.75) is 0 Å². The van der Waals surface area contributed by atoms with Crippen molar-refractivity contribution in [1.29, 1.82) is 0 Å². The van der Waals surface area contributed by atoms with Gasteiger partial charge < -0.3 is 0 Å². The third-order valence-electron chi connectivity index (χ3n) is 0.0238. The predicted octanol–water partition coefficient (Wildman–Crippen LogP) is 1.65.